The molecule has 0 aromatic heterocycles. The highest BCUT2D eigenvalue weighted by Crippen LogP contribution is 2.25. The number of benzene rings is 3. The third-order valence-corrected chi connectivity index (χ3v) is 3.93. The van der Waals surface area contributed by atoms with E-state index >= 15 is 0 Å². The predicted molar refractivity (Wildman–Crippen MR) is 92.7 cm³/mol. The second-order valence-electron chi connectivity index (χ2n) is 5.03. The monoisotopic (exact) mass is 329 g/mol. The molecule has 1 N–H and O–H groups in total. The van der Waals surface area contributed by atoms with E-state index in [1.165, 1.54) is 0 Å². The number of anilines is 1. The van der Waals surface area contributed by atoms with E-state index in [4.69, 9.17) is 23.2 Å². The van der Waals surface area contributed by atoms with Gasteiger partial charge in [0.05, 0.1) is 17.1 Å². The summed E-state index contributed by atoms with van der Waals surface area (Å²) in [6, 6.07) is 19.1. The fourth-order valence-corrected chi connectivity index (χ4v) is 2.78. The van der Waals surface area contributed by atoms with E-state index in [9.17, 15) is 4.79 Å². The summed E-state index contributed by atoms with van der Waals surface area (Å²) in [5.41, 5.74) is 1.53. The number of carbonyl (C=O) groups is 1. The van der Waals surface area contributed by atoms with Crippen LogP contribution in [0.1, 0.15) is 5.56 Å². The zero-order valence-electron chi connectivity index (χ0n) is 11.6. The average Bonchev–Trinajstić information content (AvgIpc) is 2.50. The van der Waals surface area contributed by atoms with E-state index in [0.717, 1.165) is 16.3 Å². The number of amides is 1. The quantitative estimate of drug-likeness (QED) is 0.691. The average molecular weight is 330 g/mol. The highest BCUT2D eigenvalue weighted by Gasteiger charge is 2.08. The van der Waals surface area contributed by atoms with E-state index in [1.54, 1.807) is 18.2 Å². The van der Waals surface area contributed by atoms with Gasteiger partial charge in [0, 0.05) is 5.02 Å². The predicted octanol–water partition coefficient (Wildman–Crippen LogP) is 5.33. The molecule has 0 aliphatic rings. The van der Waals surface area contributed by atoms with Gasteiger partial charge in [-0.2, -0.15) is 0 Å². The van der Waals surface area contributed by atoms with Gasteiger partial charge in [-0.3, -0.25) is 4.79 Å². The first-order valence-electron chi connectivity index (χ1n) is 6.84. The molecule has 22 heavy (non-hydrogen) atoms. The SMILES string of the molecule is O=C(Cc1ccc2ccccc2c1)Nc1ccc(Cl)cc1Cl. The van der Waals surface area contributed by atoms with E-state index in [-0.39, 0.29) is 5.91 Å². The number of halogens is 2. The smallest absolute Gasteiger partial charge is 0.228 e. The van der Waals surface area contributed by atoms with Crippen LogP contribution in [0.3, 0.4) is 0 Å². The molecule has 0 heterocycles. The molecule has 0 saturated carbocycles. The largest absolute Gasteiger partial charge is 0.324 e. The van der Waals surface area contributed by atoms with Gasteiger partial charge in [0.1, 0.15) is 0 Å². The van der Waals surface area contributed by atoms with E-state index in [0.29, 0.717) is 22.2 Å². The summed E-state index contributed by atoms with van der Waals surface area (Å²) in [7, 11) is 0. The van der Waals surface area contributed by atoms with Crippen molar-refractivity contribution < 1.29 is 4.79 Å². The lowest BCUT2D eigenvalue weighted by Crippen LogP contribution is -2.14. The number of hydrogen-bond donors (Lipinski definition) is 1. The first-order chi connectivity index (χ1) is 10.6. The van der Waals surface area contributed by atoms with Crippen LogP contribution in [0.5, 0.6) is 0 Å². The Morgan fingerprint density at radius 3 is 2.45 bits per heavy atom. The van der Waals surface area contributed by atoms with Crippen molar-refractivity contribution >= 4 is 45.6 Å². The van der Waals surface area contributed by atoms with Crippen LogP contribution in [-0.4, -0.2) is 5.91 Å². The van der Waals surface area contributed by atoms with Crippen LogP contribution in [0.15, 0.2) is 60.7 Å². The minimum Gasteiger partial charge on any atom is -0.324 e. The molecular weight excluding hydrogens is 317 g/mol. The molecular formula is C18H13Cl2NO. The van der Waals surface area contributed by atoms with Gasteiger partial charge in [0.25, 0.3) is 0 Å². The Morgan fingerprint density at radius 2 is 1.68 bits per heavy atom. The van der Waals surface area contributed by atoms with Gasteiger partial charge in [-0.05, 0) is 34.5 Å². The Hall–Kier alpha value is -2.03. The fraction of sp³-hybridized carbons (Fsp3) is 0.0556. The van der Waals surface area contributed by atoms with Gasteiger partial charge in [0.15, 0.2) is 0 Å². The third-order valence-electron chi connectivity index (χ3n) is 3.38. The van der Waals surface area contributed by atoms with Crippen LogP contribution in [0.2, 0.25) is 10.0 Å². The van der Waals surface area contributed by atoms with Gasteiger partial charge < -0.3 is 5.32 Å². The first kappa shape index (κ1) is 14.9. The molecule has 3 rings (SSSR count). The van der Waals surface area contributed by atoms with Gasteiger partial charge in [0.2, 0.25) is 5.91 Å². The second kappa shape index (κ2) is 6.39. The Bertz CT molecular complexity index is 845. The standard InChI is InChI=1S/C18H13Cl2NO/c19-15-7-8-17(16(20)11-15)21-18(22)10-12-5-6-13-3-1-2-4-14(13)9-12/h1-9,11H,10H2,(H,21,22). The summed E-state index contributed by atoms with van der Waals surface area (Å²) in [6.45, 7) is 0. The maximum absolute atomic E-state index is 12.2. The van der Waals surface area contributed by atoms with Gasteiger partial charge in [-0.1, -0.05) is 65.7 Å². The molecule has 110 valence electrons. The fourth-order valence-electron chi connectivity index (χ4n) is 2.32. The lowest BCUT2D eigenvalue weighted by Gasteiger charge is -2.08. The maximum Gasteiger partial charge on any atom is 0.228 e. The molecule has 3 aromatic carbocycles. The molecule has 0 unspecified atom stereocenters. The Labute approximate surface area is 138 Å². The minimum atomic E-state index is -0.112. The van der Waals surface area contributed by atoms with Crippen molar-refractivity contribution in [3.63, 3.8) is 0 Å². The molecule has 0 aliphatic carbocycles. The van der Waals surface area contributed by atoms with Gasteiger partial charge in [-0.25, -0.2) is 0 Å². The van der Waals surface area contributed by atoms with Crippen LogP contribution < -0.4 is 5.32 Å². The highest BCUT2D eigenvalue weighted by atomic mass is 35.5. The molecule has 0 bridgehead atoms. The van der Waals surface area contributed by atoms with Crippen molar-refractivity contribution in [2.45, 2.75) is 6.42 Å². The van der Waals surface area contributed by atoms with Gasteiger partial charge in [-0.15, -0.1) is 0 Å². The molecule has 0 radical (unpaired) electrons. The first-order valence-corrected chi connectivity index (χ1v) is 7.60. The molecule has 1 amide bonds. The zero-order chi connectivity index (χ0) is 15.5. The van der Waals surface area contributed by atoms with Crippen molar-refractivity contribution in [1.29, 1.82) is 0 Å². The van der Waals surface area contributed by atoms with Crippen LogP contribution in [-0.2, 0) is 11.2 Å². The summed E-state index contributed by atoms with van der Waals surface area (Å²) in [5, 5.41) is 6.06. The van der Waals surface area contributed by atoms with Crippen LogP contribution >= 0.6 is 23.2 Å². The lowest BCUT2D eigenvalue weighted by molar-refractivity contribution is -0.115. The summed E-state index contributed by atoms with van der Waals surface area (Å²) >= 11 is 11.9. The maximum atomic E-state index is 12.2. The zero-order valence-corrected chi connectivity index (χ0v) is 13.2. The molecule has 4 heteroatoms. The number of fused-ring (bicyclic) bond motifs is 1. The number of nitrogens with one attached hydrogen (secondary N) is 1. The third kappa shape index (κ3) is 3.41. The topological polar surface area (TPSA) is 29.1 Å². The van der Waals surface area contributed by atoms with Crippen molar-refractivity contribution in [2.24, 2.45) is 0 Å². The van der Waals surface area contributed by atoms with Crippen LogP contribution in [0.25, 0.3) is 10.8 Å². The summed E-state index contributed by atoms with van der Waals surface area (Å²) in [6.07, 6.45) is 0.295. The molecule has 0 fully saturated rings. The van der Waals surface area contributed by atoms with Crippen molar-refractivity contribution in [3.8, 4) is 0 Å². The second-order valence-corrected chi connectivity index (χ2v) is 5.87. The Morgan fingerprint density at radius 1 is 0.909 bits per heavy atom. The summed E-state index contributed by atoms with van der Waals surface area (Å²) in [5.74, 6) is -0.112. The van der Waals surface area contributed by atoms with Crippen molar-refractivity contribution in [1.82, 2.24) is 0 Å². The molecule has 3 aromatic rings. The number of rotatable bonds is 3. The molecule has 0 spiro atoms. The van der Waals surface area contributed by atoms with Crippen molar-refractivity contribution in [3.05, 3.63) is 76.3 Å². The summed E-state index contributed by atoms with van der Waals surface area (Å²) in [4.78, 5) is 12.2. The number of carbonyl (C=O) groups excluding carboxylic acids is 1. The Balaban J connectivity index is 1.75. The number of hydrogen-bond acceptors (Lipinski definition) is 1. The van der Waals surface area contributed by atoms with E-state index in [1.807, 2.05) is 42.5 Å². The van der Waals surface area contributed by atoms with Gasteiger partial charge >= 0.3 is 0 Å². The van der Waals surface area contributed by atoms with Crippen molar-refractivity contribution in [2.75, 3.05) is 5.32 Å². The van der Waals surface area contributed by atoms with E-state index < -0.39 is 0 Å². The molecule has 0 aliphatic heterocycles. The van der Waals surface area contributed by atoms with E-state index in [2.05, 4.69) is 5.32 Å². The highest BCUT2D eigenvalue weighted by molar-refractivity contribution is 6.36. The molecule has 2 nitrogen and oxygen atoms in total. The minimum absolute atomic E-state index is 0.112. The lowest BCUT2D eigenvalue weighted by atomic mass is 10.0. The normalized spacial score (nSPS) is 10.6. The van der Waals surface area contributed by atoms with Crippen LogP contribution in [0.4, 0.5) is 5.69 Å². The van der Waals surface area contributed by atoms with Crippen LogP contribution in [0, 0.1) is 0 Å². The summed E-state index contributed by atoms with van der Waals surface area (Å²) < 4.78 is 0. The molecule has 0 atom stereocenters. The Kier molecular flexibility index (Phi) is 4.32. The molecule has 0 saturated heterocycles.